The third-order valence-corrected chi connectivity index (χ3v) is 6.60. The highest BCUT2D eigenvalue weighted by atomic mass is 19.4. The van der Waals surface area contributed by atoms with Crippen molar-refractivity contribution in [2.75, 3.05) is 7.11 Å². The first-order chi connectivity index (χ1) is 17.9. The van der Waals surface area contributed by atoms with Gasteiger partial charge in [-0.1, -0.05) is 32.0 Å². The van der Waals surface area contributed by atoms with Gasteiger partial charge >= 0.3 is 6.18 Å². The molecular formula is C29H27F3N2O4. The number of methoxy groups -OCH3 is 1. The van der Waals surface area contributed by atoms with Crippen LogP contribution in [0.2, 0.25) is 0 Å². The largest absolute Gasteiger partial charge is 0.507 e. The van der Waals surface area contributed by atoms with E-state index in [2.05, 4.69) is 4.98 Å². The number of Topliss-reactive ketones (excluding diaryl/α,β-unsaturated/α-hetero) is 1. The molecule has 1 aliphatic heterocycles. The van der Waals surface area contributed by atoms with E-state index >= 15 is 0 Å². The first kappa shape index (κ1) is 26.9. The Morgan fingerprint density at radius 2 is 1.87 bits per heavy atom. The number of halogens is 3. The number of aliphatic hydroxyl groups excluding tert-OH is 1. The first-order valence-corrected chi connectivity index (χ1v) is 12.0. The zero-order chi connectivity index (χ0) is 27.8. The maximum atomic E-state index is 13.3. The van der Waals surface area contributed by atoms with Crippen LogP contribution in [0.15, 0.2) is 66.5 Å². The summed E-state index contributed by atoms with van der Waals surface area (Å²) >= 11 is 0. The summed E-state index contributed by atoms with van der Waals surface area (Å²) in [6.07, 6.45) is -1.58. The second kappa shape index (κ2) is 10.3. The van der Waals surface area contributed by atoms with Gasteiger partial charge in [0.15, 0.2) is 0 Å². The Balaban J connectivity index is 1.88. The second-order valence-electron chi connectivity index (χ2n) is 9.48. The molecule has 2 aromatic carbocycles. The van der Waals surface area contributed by atoms with Gasteiger partial charge in [-0.3, -0.25) is 14.6 Å². The minimum absolute atomic E-state index is 0.0366. The van der Waals surface area contributed by atoms with Crippen molar-refractivity contribution in [3.05, 3.63) is 99.9 Å². The number of carbonyl (C=O) groups is 2. The van der Waals surface area contributed by atoms with Crippen molar-refractivity contribution in [1.82, 2.24) is 9.88 Å². The highest BCUT2D eigenvalue weighted by Crippen LogP contribution is 2.42. The molecule has 6 nitrogen and oxygen atoms in total. The summed E-state index contributed by atoms with van der Waals surface area (Å²) < 4.78 is 45.4. The van der Waals surface area contributed by atoms with Gasteiger partial charge in [0, 0.05) is 24.5 Å². The van der Waals surface area contributed by atoms with Crippen LogP contribution < -0.4 is 4.74 Å². The molecule has 1 aliphatic rings. The van der Waals surface area contributed by atoms with E-state index in [1.807, 2.05) is 13.8 Å². The Morgan fingerprint density at radius 3 is 2.47 bits per heavy atom. The van der Waals surface area contributed by atoms with Gasteiger partial charge in [0.1, 0.15) is 11.5 Å². The molecule has 1 atom stereocenters. The van der Waals surface area contributed by atoms with Crippen LogP contribution in [-0.4, -0.2) is 33.8 Å². The number of aliphatic hydroxyl groups is 1. The molecule has 198 valence electrons. The van der Waals surface area contributed by atoms with Crippen molar-refractivity contribution < 1.29 is 32.6 Å². The van der Waals surface area contributed by atoms with Crippen molar-refractivity contribution in [2.24, 2.45) is 0 Å². The molecule has 4 rings (SSSR count). The van der Waals surface area contributed by atoms with Gasteiger partial charge in [-0.05, 0) is 65.4 Å². The fourth-order valence-electron chi connectivity index (χ4n) is 4.70. The lowest BCUT2D eigenvalue weighted by molar-refractivity contribution is -0.140. The average molecular weight is 525 g/mol. The van der Waals surface area contributed by atoms with Crippen LogP contribution in [0.1, 0.15) is 59.2 Å². The third-order valence-electron chi connectivity index (χ3n) is 6.60. The van der Waals surface area contributed by atoms with E-state index < -0.39 is 29.5 Å². The van der Waals surface area contributed by atoms with E-state index in [4.69, 9.17) is 4.74 Å². The Hall–Kier alpha value is -4.14. The Kier molecular flexibility index (Phi) is 7.31. The van der Waals surface area contributed by atoms with Crippen LogP contribution in [0, 0.1) is 6.92 Å². The molecule has 38 heavy (non-hydrogen) atoms. The molecule has 3 aromatic rings. The molecule has 1 unspecified atom stereocenters. The Labute approximate surface area is 218 Å². The molecule has 1 aromatic heterocycles. The Bertz CT molecular complexity index is 1420. The number of benzene rings is 2. The number of carbonyl (C=O) groups excluding carboxylic acids is 2. The lowest BCUT2D eigenvalue weighted by Crippen LogP contribution is -2.29. The predicted molar refractivity (Wildman–Crippen MR) is 135 cm³/mol. The van der Waals surface area contributed by atoms with Crippen molar-refractivity contribution in [2.45, 2.75) is 45.5 Å². The van der Waals surface area contributed by atoms with Crippen LogP contribution >= 0.6 is 0 Å². The topological polar surface area (TPSA) is 79.7 Å². The summed E-state index contributed by atoms with van der Waals surface area (Å²) in [5, 5.41) is 11.5. The average Bonchev–Trinajstić information content (AvgIpc) is 3.13. The lowest BCUT2D eigenvalue weighted by Gasteiger charge is -2.25. The number of alkyl halides is 3. The number of amides is 1. The van der Waals surface area contributed by atoms with Crippen LogP contribution in [0.5, 0.6) is 5.75 Å². The number of nitrogens with zero attached hydrogens (tertiary/aromatic N) is 2. The minimum atomic E-state index is -4.56. The smallest absolute Gasteiger partial charge is 0.416 e. The molecule has 0 saturated carbocycles. The van der Waals surface area contributed by atoms with Crippen molar-refractivity contribution in [1.29, 1.82) is 0 Å². The predicted octanol–water partition coefficient (Wildman–Crippen LogP) is 6.16. The van der Waals surface area contributed by atoms with Gasteiger partial charge in [0.2, 0.25) is 0 Å². The molecule has 2 heterocycles. The fraction of sp³-hybridized carbons (Fsp3) is 0.276. The lowest BCUT2D eigenvalue weighted by atomic mass is 9.91. The number of rotatable bonds is 6. The van der Waals surface area contributed by atoms with Gasteiger partial charge < -0.3 is 14.7 Å². The summed E-state index contributed by atoms with van der Waals surface area (Å²) in [7, 11) is 1.54. The Morgan fingerprint density at radius 1 is 1.13 bits per heavy atom. The molecule has 0 spiro atoms. The maximum absolute atomic E-state index is 13.3. The zero-order valence-corrected chi connectivity index (χ0v) is 21.3. The highest BCUT2D eigenvalue weighted by Gasteiger charge is 2.46. The van der Waals surface area contributed by atoms with Gasteiger partial charge in [-0.25, -0.2) is 0 Å². The fourth-order valence-corrected chi connectivity index (χ4v) is 4.70. The van der Waals surface area contributed by atoms with Crippen molar-refractivity contribution in [3.8, 4) is 5.75 Å². The summed E-state index contributed by atoms with van der Waals surface area (Å²) in [5.41, 5.74) is 1.40. The zero-order valence-electron chi connectivity index (χ0n) is 21.3. The van der Waals surface area contributed by atoms with Gasteiger partial charge in [0.25, 0.3) is 11.7 Å². The number of aryl methyl sites for hydroxylation is 1. The number of likely N-dealkylation sites (tertiary alicyclic amines) is 1. The van der Waals surface area contributed by atoms with Crippen LogP contribution in [0.3, 0.4) is 0 Å². The van der Waals surface area contributed by atoms with Gasteiger partial charge in [-0.2, -0.15) is 13.2 Å². The van der Waals surface area contributed by atoms with Gasteiger partial charge in [-0.15, -0.1) is 0 Å². The molecule has 0 bridgehead atoms. The summed E-state index contributed by atoms with van der Waals surface area (Å²) in [6.45, 7) is 5.39. The van der Waals surface area contributed by atoms with E-state index in [1.165, 1.54) is 29.4 Å². The quantitative estimate of drug-likeness (QED) is 0.237. The van der Waals surface area contributed by atoms with E-state index in [-0.39, 0.29) is 29.4 Å². The molecule has 0 aliphatic carbocycles. The summed E-state index contributed by atoms with van der Waals surface area (Å²) in [4.78, 5) is 31.9. The monoisotopic (exact) mass is 524 g/mol. The molecule has 1 saturated heterocycles. The number of aromatic nitrogens is 1. The third kappa shape index (κ3) is 5.01. The van der Waals surface area contributed by atoms with E-state index in [1.54, 1.807) is 38.3 Å². The number of ether oxygens (including phenoxy) is 1. The van der Waals surface area contributed by atoms with Crippen molar-refractivity contribution in [3.63, 3.8) is 0 Å². The van der Waals surface area contributed by atoms with E-state index in [0.29, 0.717) is 22.4 Å². The number of ketones is 1. The molecule has 9 heteroatoms. The number of pyridine rings is 1. The molecule has 1 fully saturated rings. The highest BCUT2D eigenvalue weighted by molar-refractivity contribution is 6.46. The van der Waals surface area contributed by atoms with E-state index in [9.17, 15) is 27.9 Å². The van der Waals surface area contributed by atoms with Crippen LogP contribution in [0.25, 0.3) is 5.76 Å². The van der Waals surface area contributed by atoms with Gasteiger partial charge in [0.05, 0.1) is 24.3 Å². The van der Waals surface area contributed by atoms with Crippen LogP contribution in [0.4, 0.5) is 13.2 Å². The molecular weight excluding hydrogens is 497 g/mol. The van der Waals surface area contributed by atoms with Crippen molar-refractivity contribution >= 4 is 17.4 Å². The maximum Gasteiger partial charge on any atom is 0.416 e. The number of hydrogen-bond donors (Lipinski definition) is 1. The molecule has 1 N–H and O–H groups in total. The van der Waals surface area contributed by atoms with Crippen LogP contribution in [-0.2, 0) is 22.3 Å². The standard InChI is InChI=1S/C29H27F3N2O4/c1-16(2)21-13-22(17(3)11-23(21)38-4)26(35)24-25(19-8-6-10-33-14-19)34(28(37)27(24)36)15-18-7-5-9-20(12-18)29(30,31)32/h5-14,16,25,35H,15H2,1-4H3/b26-24+. The minimum Gasteiger partial charge on any atom is -0.507 e. The molecule has 1 amide bonds. The summed E-state index contributed by atoms with van der Waals surface area (Å²) in [5.74, 6) is -1.55. The normalized spacial score (nSPS) is 17.4. The summed E-state index contributed by atoms with van der Waals surface area (Å²) in [6, 6.07) is 10.3. The SMILES string of the molecule is COc1cc(C)c(/C(O)=C2\C(=O)C(=O)N(Cc3cccc(C(F)(F)F)c3)C2c2cccnc2)cc1C(C)C. The first-order valence-electron chi connectivity index (χ1n) is 12.0. The second-order valence-corrected chi connectivity index (χ2v) is 9.48. The molecule has 0 radical (unpaired) electrons. The number of hydrogen-bond acceptors (Lipinski definition) is 5. The van der Waals surface area contributed by atoms with E-state index in [0.717, 1.165) is 17.7 Å².